The Kier molecular flexibility index (Phi) is 5.33. The fourth-order valence-electron chi connectivity index (χ4n) is 5.10. The Morgan fingerprint density at radius 2 is 1.79 bits per heavy atom. The molecule has 2 aliphatic heterocycles. The molecule has 34 heavy (non-hydrogen) atoms. The van der Waals surface area contributed by atoms with Crippen molar-refractivity contribution in [2.75, 3.05) is 51.2 Å². The van der Waals surface area contributed by atoms with Crippen molar-refractivity contribution in [2.45, 2.75) is 18.8 Å². The number of hydrogen-bond donors (Lipinski definition) is 1. The minimum atomic E-state index is 0.0732. The normalized spacial score (nSPS) is 18.1. The average Bonchev–Trinajstić information content (AvgIpc) is 3.36. The maximum atomic E-state index is 13.1. The summed E-state index contributed by atoms with van der Waals surface area (Å²) in [4.78, 5) is 33.7. The first-order valence-corrected chi connectivity index (χ1v) is 11.9. The molecule has 9 nitrogen and oxygen atoms in total. The van der Waals surface area contributed by atoms with E-state index in [1.54, 1.807) is 12.5 Å². The van der Waals surface area contributed by atoms with Gasteiger partial charge in [-0.15, -0.1) is 0 Å². The molecule has 9 heteroatoms. The summed E-state index contributed by atoms with van der Waals surface area (Å²) in [6, 6.07) is 7.84. The van der Waals surface area contributed by atoms with Crippen LogP contribution in [-0.4, -0.2) is 87.2 Å². The molecular formula is C25H28N8O. The van der Waals surface area contributed by atoms with E-state index < -0.39 is 0 Å². The van der Waals surface area contributed by atoms with Crippen LogP contribution in [0.1, 0.15) is 34.8 Å². The molecule has 3 aromatic heterocycles. The Bertz CT molecular complexity index is 1340. The van der Waals surface area contributed by atoms with Gasteiger partial charge in [0.15, 0.2) is 0 Å². The van der Waals surface area contributed by atoms with Crippen LogP contribution in [0.25, 0.3) is 21.9 Å². The van der Waals surface area contributed by atoms with E-state index in [4.69, 9.17) is 4.98 Å². The van der Waals surface area contributed by atoms with Crippen LogP contribution in [0.3, 0.4) is 0 Å². The number of amides is 1. The van der Waals surface area contributed by atoms with Crippen molar-refractivity contribution >= 4 is 33.5 Å². The fraction of sp³-hybridized carbons (Fsp3) is 0.400. The molecule has 6 rings (SSSR count). The highest BCUT2D eigenvalue weighted by Gasteiger charge is 2.27. The van der Waals surface area contributed by atoms with Gasteiger partial charge in [0.1, 0.15) is 11.8 Å². The number of aromatic nitrogens is 5. The lowest BCUT2D eigenvalue weighted by molar-refractivity contribution is 0.0712. The van der Waals surface area contributed by atoms with Crippen molar-refractivity contribution < 1.29 is 4.79 Å². The molecule has 1 aromatic carbocycles. The molecule has 0 radical (unpaired) electrons. The predicted octanol–water partition coefficient (Wildman–Crippen LogP) is 2.67. The molecule has 1 N–H and O–H groups in total. The largest absolute Gasteiger partial charge is 0.368 e. The number of fused-ring (bicyclic) bond motifs is 2. The molecule has 4 aromatic rings. The molecule has 5 heterocycles. The average molecular weight is 457 g/mol. The molecule has 0 spiro atoms. The van der Waals surface area contributed by atoms with Crippen LogP contribution in [0.15, 0.2) is 43.0 Å². The first-order chi connectivity index (χ1) is 16.7. The number of pyridine rings is 1. The lowest BCUT2D eigenvalue weighted by Crippen LogP contribution is -2.44. The lowest BCUT2D eigenvalue weighted by Gasteiger charge is -2.34. The summed E-state index contributed by atoms with van der Waals surface area (Å²) in [5, 5.41) is 7.93. The number of rotatable bonds is 3. The molecule has 2 fully saturated rings. The van der Waals surface area contributed by atoms with Gasteiger partial charge in [-0.3, -0.25) is 14.9 Å². The summed E-state index contributed by atoms with van der Waals surface area (Å²) in [6.45, 7) is 5.53. The van der Waals surface area contributed by atoms with Crippen molar-refractivity contribution in [3.63, 3.8) is 0 Å². The highest BCUT2D eigenvalue weighted by atomic mass is 16.2. The number of piperazine rings is 1. The van der Waals surface area contributed by atoms with Crippen LogP contribution >= 0.6 is 0 Å². The van der Waals surface area contributed by atoms with E-state index in [-0.39, 0.29) is 11.8 Å². The van der Waals surface area contributed by atoms with Crippen LogP contribution in [0.4, 0.5) is 5.69 Å². The number of likely N-dealkylation sites (N-methyl/N-ethyl adjacent to an activating group) is 1. The van der Waals surface area contributed by atoms with Crippen molar-refractivity contribution in [2.24, 2.45) is 0 Å². The molecule has 174 valence electrons. The van der Waals surface area contributed by atoms with Crippen molar-refractivity contribution in [1.29, 1.82) is 0 Å². The highest BCUT2D eigenvalue weighted by molar-refractivity contribution is 5.98. The second-order valence-electron chi connectivity index (χ2n) is 9.35. The summed E-state index contributed by atoms with van der Waals surface area (Å²) >= 11 is 0. The lowest BCUT2D eigenvalue weighted by atomic mass is 9.92. The Labute approximate surface area is 197 Å². The first kappa shape index (κ1) is 21.0. The number of carbonyl (C=O) groups is 1. The number of anilines is 1. The van der Waals surface area contributed by atoms with Gasteiger partial charge < -0.3 is 14.7 Å². The number of nitrogens with zero attached hydrogens (tertiary/aromatic N) is 7. The van der Waals surface area contributed by atoms with Crippen LogP contribution in [0.5, 0.6) is 0 Å². The van der Waals surface area contributed by atoms with Crippen molar-refractivity contribution in [1.82, 2.24) is 34.9 Å². The Morgan fingerprint density at radius 3 is 2.62 bits per heavy atom. The second-order valence-corrected chi connectivity index (χ2v) is 9.35. The van der Waals surface area contributed by atoms with Gasteiger partial charge in [0.2, 0.25) is 0 Å². The maximum absolute atomic E-state index is 13.1. The van der Waals surface area contributed by atoms with Gasteiger partial charge in [-0.2, -0.15) is 5.10 Å². The van der Waals surface area contributed by atoms with Crippen molar-refractivity contribution in [3.8, 4) is 0 Å². The number of aromatic amines is 1. The SMILES string of the molecule is CN1CCN(c2cnc3c(C4CCN(C(=O)c5ccc6[nH]ncc6c5)CC4)ncnc3c2)CC1. The van der Waals surface area contributed by atoms with Crippen molar-refractivity contribution in [3.05, 3.63) is 54.2 Å². The maximum Gasteiger partial charge on any atom is 0.253 e. The zero-order valence-electron chi connectivity index (χ0n) is 19.3. The van der Waals surface area contributed by atoms with E-state index in [0.29, 0.717) is 18.7 Å². The standard InChI is InChI=1S/C25H28N8O/c1-31-8-10-32(11-9-31)20-13-22-24(26-15-20)23(28-16-27-22)17-4-6-33(7-5-17)25(34)18-2-3-21-19(12-18)14-29-30-21/h2-3,12-17H,4-11H2,1H3,(H,29,30). The first-order valence-electron chi connectivity index (χ1n) is 11.9. The third-order valence-corrected chi connectivity index (χ3v) is 7.21. The molecule has 0 atom stereocenters. The topological polar surface area (TPSA) is 94.1 Å². The van der Waals surface area contributed by atoms with E-state index >= 15 is 0 Å². The van der Waals surface area contributed by atoms with Crippen LogP contribution in [0, 0.1) is 0 Å². The number of benzene rings is 1. The van der Waals surface area contributed by atoms with Gasteiger partial charge in [-0.1, -0.05) is 0 Å². The number of hydrogen-bond acceptors (Lipinski definition) is 7. The van der Waals surface area contributed by atoms with Gasteiger partial charge in [-0.25, -0.2) is 9.97 Å². The molecule has 1 amide bonds. The Balaban J connectivity index is 1.17. The number of carbonyl (C=O) groups excluding carboxylic acids is 1. The molecule has 2 aliphatic rings. The third kappa shape index (κ3) is 3.86. The molecule has 2 saturated heterocycles. The fourth-order valence-corrected chi connectivity index (χ4v) is 5.10. The molecular weight excluding hydrogens is 428 g/mol. The predicted molar refractivity (Wildman–Crippen MR) is 131 cm³/mol. The van der Waals surface area contributed by atoms with Crippen LogP contribution in [0.2, 0.25) is 0 Å². The number of piperidine rings is 1. The third-order valence-electron chi connectivity index (χ3n) is 7.21. The van der Waals surface area contributed by atoms with E-state index in [2.05, 4.69) is 43.1 Å². The minimum absolute atomic E-state index is 0.0732. The monoisotopic (exact) mass is 456 g/mol. The second kappa shape index (κ2) is 8.64. The van der Waals surface area contributed by atoms with Gasteiger partial charge in [0.05, 0.1) is 34.8 Å². The summed E-state index contributed by atoms with van der Waals surface area (Å²) in [7, 11) is 2.16. The summed E-state index contributed by atoms with van der Waals surface area (Å²) < 4.78 is 0. The van der Waals surface area contributed by atoms with Crippen LogP contribution < -0.4 is 4.90 Å². The molecule has 0 aliphatic carbocycles. The van der Waals surface area contributed by atoms with E-state index in [9.17, 15) is 4.79 Å². The van der Waals surface area contributed by atoms with Gasteiger partial charge in [0.25, 0.3) is 5.91 Å². The zero-order chi connectivity index (χ0) is 23.1. The number of nitrogens with one attached hydrogen (secondary N) is 1. The summed E-state index contributed by atoms with van der Waals surface area (Å²) in [5.74, 6) is 0.344. The molecule has 0 saturated carbocycles. The minimum Gasteiger partial charge on any atom is -0.368 e. The van der Waals surface area contributed by atoms with Gasteiger partial charge in [-0.05, 0) is 44.2 Å². The summed E-state index contributed by atoms with van der Waals surface area (Å²) in [6.07, 6.45) is 7.11. The number of H-pyrrole nitrogens is 1. The zero-order valence-corrected chi connectivity index (χ0v) is 19.3. The van der Waals surface area contributed by atoms with Gasteiger partial charge >= 0.3 is 0 Å². The molecule has 0 unspecified atom stereocenters. The van der Waals surface area contributed by atoms with E-state index in [0.717, 1.165) is 72.3 Å². The quantitative estimate of drug-likeness (QED) is 0.506. The Hall–Kier alpha value is -3.59. The van der Waals surface area contributed by atoms with Crippen LogP contribution in [-0.2, 0) is 0 Å². The van der Waals surface area contributed by atoms with Gasteiger partial charge in [0, 0.05) is 56.1 Å². The number of likely N-dealkylation sites (tertiary alicyclic amines) is 1. The summed E-state index contributed by atoms with van der Waals surface area (Å²) in [5.41, 5.74) is 5.55. The molecule has 0 bridgehead atoms. The smallest absolute Gasteiger partial charge is 0.253 e. The van der Waals surface area contributed by atoms with E-state index in [1.807, 2.05) is 29.3 Å². The highest BCUT2D eigenvalue weighted by Crippen LogP contribution is 2.32. The Morgan fingerprint density at radius 1 is 0.971 bits per heavy atom. The van der Waals surface area contributed by atoms with E-state index in [1.165, 1.54) is 0 Å².